The molecule has 0 unspecified atom stereocenters. The maximum Gasteiger partial charge on any atom is 0.220 e. The van der Waals surface area contributed by atoms with Gasteiger partial charge < -0.3 is 15.7 Å². The number of amides is 1. The summed E-state index contributed by atoms with van der Waals surface area (Å²) in [4.78, 5) is 13.3. The minimum Gasteiger partial charge on any atom is -0.389 e. The number of anilines is 1. The van der Waals surface area contributed by atoms with Crippen molar-refractivity contribution >= 4 is 11.6 Å². The highest BCUT2D eigenvalue weighted by atomic mass is 16.3. The molecule has 1 fully saturated rings. The SMILES string of the molecule is C[C@@H](O)c1ccc(N2CCC(C(N)=O)CC2)cc1. The van der Waals surface area contributed by atoms with Gasteiger partial charge in [0.05, 0.1) is 6.10 Å². The second-order valence-corrected chi connectivity index (χ2v) is 4.93. The van der Waals surface area contributed by atoms with Crippen molar-refractivity contribution in [3.63, 3.8) is 0 Å². The molecule has 1 atom stereocenters. The number of rotatable bonds is 3. The summed E-state index contributed by atoms with van der Waals surface area (Å²) in [5.74, 6) is -0.155. The molecule has 1 heterocycles. The Balaban J connectivity index is 1.99. The molecule has 0 bridgehead atoms. The first-order valence-corrected chi connectivity index (χ1v) is 6.40. The van der Waals surface area contributed by atoms with Gasteiger partial charge in [0.15, 0.2) is 0 Å². The van der Waals surface area contributed by atoms with E-state index < -0.39 is 6.10 Å². The molecule has 2 rings (SSSR count). The van der Waals surface area contributed by atoms with E-state index in [2.05, 4.69) is 4.90 Å². The molecule has 0 spiro atoms. The lowest BCUT2D eigenvalue weighted by atomic mass is 9.96. The number of piperidine rings is 1. The molecule has 18 heavy (non-hydrogen) atoms. The van der Waals surface area contributed by atoms with Gasteiger partial charge in [-0.3, -0.25) is 4.79 Å². The Bertz CT molecular complexity index is 406. The molecular weight excluding hydrogens is 228 g/mol. The van der Waals surface area contributed by atoms with Crippen molar-refractivity contribution in [3.05, 3.63) is 29.8 Å². The first-order chi connectivity index (χ1) is 8.58. The smallest absolute Gasteiger partial charge is 0.220 e. The van der Waals surface area contributed by atoms with E-state index in [1.54, 1.807) is 6.92 Å². The van der Waals surface area contributed by atoms with E-state index in [1.807, 2.05) is 24.3 Å². The molecule has 0 saturated carbocycles. The van der Waals surface area contributed by atoms with Crippen molar-refractivity contribution in [1.29, 1.82) is 0 Å². The first kappa shape index (κ1) is 12.9. The zero-order valence-corrected chi connectivity index (χ0v) is 10.7. The van der Waals surface area contributed by atoms with Crippen molar-refractivity contribution in [2.45, 2.75) is 25.9 Å². The van der Waals surface area contributed by atoms with E-state index in [0.717, 1.165) is 37.2 Å². The minimum absolute atomic E-state index is 0.0259. The van der Waals surface area contributed by atoms with Gasteiger partial charge in [-0.2, -0.15) is 0 Å². The van der Waals surface area contributed by atoms with E-state index in [0.29, 0.717) is 0 Å². The summed E-state index contributed by atoms with van der Waals surface area (Å²) >= 11 is 0. The van der Waals surface area contributed by atoms with Crippen LogP contribution in [0.5, 0.6) is 0 Å². The standard InChI is InChI=1S/C14H20N2O2/c1-10(17)11-2-4-13(5-3-11)16-8-6-12(7-9-16)14(15)18/h2-5,10,12,17H,6-9H2,1H3,(H2,15,18)/t10-/m1/s1. The van der Waals surface area contributed by atoms with E-state index in [-0.39, 0.29) is 11.8 Å². The number of hydrogen-bond acceptors (Lipinski definition) is 3. The number of hydrogen-bond donors (Lipinski definition) is 2. The molecular formula is C14H20N2O2. The van der Waals surface area contributed by atoms with Crippen LogP contribution in [0.25, 0.3) is 0 Å². The topological polar surface area (TPSA) is 66.6 Å². The fraction of sp³-hybridized carbons (Fsp3) is 0.500. The lowest BCUT2D eigenvalue weighted by Crippen LogP contribution is -2.38. The second kappa shape index (κ2) is 5.40. The number of primary amides is 1. The average Bonchev–Trinajstić information content (AvgIpc) is 2.39. The largest absolute Gasteiger partial charge is 0.389 e. The Morgan fingerprint density at radius 3 is 2.33 bits per heavy atom. The summed E-state index contributed by atoms with van der Waals surface area (Å²) < 4.78 is 0. The molecule has 98 valence electrons. The van der Waals surface area contributed by atoms with E-state index in [9.17, 15) is 9.90 Å². The van der Waals surface area contributed by atoms with Gasteiger partial charge in [0.25, 0.3) is 0 Å². The minimum atomic E-state index is -0.431. The monoisotopic (exact) mass is 248 g/mol. The van der Waals surface area contributed by atoms with Gasteiger partial charge in [-0.25, -0.2) is 0 Å². The zero-order valence-electron chi connectivity index (χ0n) is 10.7. The summed E-state index contributed by atoms with van der Waals surface area (Å²) in [5.41, 5.74) is 7.38. The van der Waals surface area contributed by atoms with Gasteiger partial charge in [-0.1, -0.05) is 12.1 Å². The van der Waals surface area contributed by atoms with E-state index in [4.69, 9.17) is 5.73 Å². The van der Waals surface area contributed by atoms with Crippen LogP contribution in [-0.4, -0.2) is 24.1 Å². The quantitative estimate of drug-likeness (QED) is 0.850. The summed E-state index contributed by atoms with van der Waals surface area (Å²) in [6.45, 7) is 3.48. The first-order valence-electron chi connectivity index (χ1n) is 6.40. The highest BCUT2D eigenvalue weighted by Gasteiger charge is 2.23. The van der Waals surface area contributed by atoms with Crippen LogP contribution < -0.4 is 10.6 Å². The molecule has 1 aromatic rings. The molecule has 0 radical (unpaired) electrons. The molecule has 4 nitrogen and oxygen atoms in total. The maximum atomic E-state index is 11.1. The molecule has 0 aliphatic carbocycles. The number of aliphatic hydroxyl groups excluding tert-OH is 1. The lowest BCUT2D eigenvalue weighted by molar-refractivity contribution is -0.122. The van der Waals surface area contributed by atoms with Crippen LogP contribution in [-0.2, 0) is 4.79 Å². The summed E-state index contributed by atoms with van der Waals surface area (Å²) in [7, 11) is 0. The number of nitrogens with zero attached hydrogens (tertiary/aromatic N) is 1. The predicted octanol–water partition coefficient (Wildman–Crippen LogP) is 1.44. The van der Waals surface area contributed by atoms with Crippen molar-refractivity contribution < 1.29 is 9.90 Å². The van der Waals surface area contributed by atoms with Crippen LogP contribution in [0.4, 0.5) is 5.69 Å². The highest BCUT2D eigenvalue weighted by molar-refractivity contribution is 5.77. The van der Waals surface area contributed by atoms with Crippen molar-refractivity contribution in [2.75, 3.05) is 18.0 Å². The highest BCUT2D eigenvalue weighted by Crippen LogP contribution is 2.24. The van der Waals surface area contributed by atoms with Crippen LogP contribution in [0.1, 0.15) is 31.4 Å². The van der Waals surface area contributed by atoms with Crippen LogP contribution in [0.3, 0.4) is 0 Å². The van der Waals surface area contributed by atoms with Gasteiger partial charge in [-0.05, 0) is 37.5 Å². The molecule has 1 saturated heterocycles. The molecule has 0 aromatic heterocycles. The predicted molar refractivity (Wildman–Crippen MR) is 71.2 cm³/mol. The molecule has 1 aliphatic rings. The normalized spacial score (nSPS) is 18.7. The van der Waals surface area contributed by atoms with Crippen molar-refractivity contribution in [2.24, 2.45) is 11.7 Å². The van der Waals surface area contributed by atoms with Crippen LogP contribution in [0, 0.1) is 5.92 Å². The fourth-order valence-electron chi connectivity index (χ4n) is 2.39. The Morgan fingerprint density at radius 2 is 1.89 bits per heavy atom. The number of carbonyl (C=O) groups excluding carboxylic acids is 1. The lowest BCUT2D eigenvalue weighted by Gasteiger charge is -2.32. The molecule has 1 aromatic carbocycles. The number of benzene rings is 1. The Morgan fingerprint density at radius 1 is 1.33 bits per heavy atom. The van der Waals surface area contributed by atoms with Gasteiger partial charge in [0, 0.05) is 24.7 Å². The summed E-state index contributed by atoms with van der Waals surface area (Å²) in [6.07, 6.45) is 1.22. The van der Waals surface area contributed by atoms with E-state index in [1.165, 1.54) is 0 Å². The molecule has 1 aliphatic heterocycles. The Hall–Kier alpha value is -1.55. The van der Waals surface area contributed by atoms with Crippen LogP contribution in [0.15, 0.2) is 24.3 Å². The van der Waals surface area contributed by atoms with Gasteiger partial charge in [0.2, 0.25) is 5.91 Å². The zero-order chi connectivity index (χ0) is 13.1. The number of nitrogens with two attached hydrogens (primary N) is 1. The third kappa shape index (κ3) is 2.82. The van der Waals surface area contributed by atoms with Gasteiger partial charge in [-0.15, -0.1) is 0 Å². The van der Waals surface area contributed by atoms with Crippen LogP contribution >= 0.6 is 0 Å². The average molecular weight is 248 g/mol. The fourth-order valence-corrected chi connectivity index (χ4v) is 2.39. The summed E-state index contributed by atoms with van der Waals surface area (Å²) in [5, 5.41) is 9.46. The third-order valence-corrected chi connectivity index (χ3v) is 3.64. The molecule has 1 amide bonds. The van der Waals surface area contributed by atoms with Gasteiger partial charge >= 0.3 is 0 Å². The van der Waals surface area contributed by atoms with Crippen molar-refractivity contribution in [1.82, 2.24) is 0 Å². The summed E-state index contributed by atoms with van der Waals surface area (Å²) in [6, 6.07) is 7.93. The van der Waals surface area contributed by atoms with Crippen LogP contribution in [0.2, 0.25) is 0 Å². The Kier molecular flexibility index (Phi) is 3.87. The van der Waals surface area contributed by atoms with Crippen molar-refractivity contribution in [3.8, 4) is 0 Å². The number of aliphatic hydroxyl groups is 1. The van der Waals surface area contributed by atoms with E-state index >= 15 is 0 Å². The molecule has 4 heteroatoms. The number of carbonyl (C=O) groups is 1. The second-order valence-electron chi connectivity index (χ2n) is 4.93. The maximum absolute atomic E-state index is 11.1. The third-order valence-electron chi connectivity index (χ3n) is 3.64. The molecule has 3 N–H and O–H groups in total. The van der Waals surface area contributed by atoms with Gasteiger partial charge in [0.1, 0.15) is 0 Å². The Labute approximate surface area is 107 Å².